The van der Waals surface area contributed by atoms with Crippen molar-refractivity contribution in [3.63, 3.8) is 0 Å². The van der Waals surface area contributed by atoms with E-state index in [1.807, 2.05) is 19.4 Å². The average Bonchev–Trinajstić information content (AvgIpc) is 0.918. The Kier molecular flexibility index (Phi) is 55.9. The molecule has 3 heteroatoms. The van der Waals surface area contributed by atoms with E-state index in [-0.39, 0.29) is 51.3 Å². The molecule has 0 saturated carbocycles. The van der Waals surface area contributed by atoms with Gasteiger partial charge in [0, 0.05) is 0 Å². The number of rotatable bonds is 0. The third-order valence-corrected chi connectivity index (χ3v) is 0. The Morgan fingerprint density at radius 2 is 1.20 bits per heavy atom. The molecule has 5 heavy (non-hydrogen) atoms. The molecule has 0 unspecified atom stereocenters. The summed E-state index contributed by atoms with van der Waals surface area (Å²) in [6, 6.07) is 0. The summed E-state index contributed by atoms with van der Waals surface area (Å²) in [5.74, 6) is 0. The summed E-state index contributed by atoms with van der Waals surface area (Å²) in [5, 5.41) is 2.00. The van der Waals surface area contributed by atoms with Gasteiger partial charge in [-0.1, -0.05) is 0 Å². The van der Waals surface area contributed by atoms with Gasteiger partial charge in [0.1, 0.15) is 0 Å². The fourth-order valence-corrected chi connectivity index (χ4v) is 0. The van der Waals surface area contributed by atoms with Crippen molar-refractivity contribution in [1.29, 1.82) is 0 Å². The predicted octanol–water partition coefficient (Wildman–Crippen LogP) is -5.10. The monoisotopic (exact) mass is 383 g/mol. The molecule has 0 atom stereocenters. The summed E-state index contributed by atoms with van der Waals surface area (Å²) in [6.07, 6.45) is 0. The fourth-order valence-electron chi connectivity index (χ4n) is 0. The quantitative estimate of drug-likeness (QED) is 0.319. The van der Waals surface area contributed by atoms with Gasteiger partial charge in [-0.05, 0) is 0 Å². The van der Waals surface area contributed by atoms with Crippen LogP contribution in [0.3, 0.4) is 0 Å². The van der Waals surface area contributed by atoms with E-state index in [0.717, 1.165) is 0 Å². The van der Waals surface area contributed by atoms with Gasteiger partial charge in [-0.2, -0.15) is 0 Å². The van der Waals surface area contributed by atoms with Crippen molar-refractivity contribution in [2.45, 2.75) is 0 Å². The fraction of sp³-hybridized carbons (Fsp3) is 1.00. The van der Waals surface area contributed by atoms with Crippen molar-refractivity contribution >= 4 is 27.3 Å². The molecule has 0 aliphatic rings. The van der Waals surface area contributed by atoms with Crippen molar-refractivity contribution in [1.82, 2.24) is 0 Å². The van der Waals surface area contributed by atoms with Crippen LogP contribution in [0.2, 0.25) is 0 Å². The van der Waals surface area contributed by atoms with Gasteiger partial charge in [-0.15, -0.1) is 0 Å². The van der Waals surface area contributed by atoms with Crippen LogP contribution < -0.4 is 29.3 Å². The summed E-state index contributed by atoms with van der Waals surface area (Å²) in [6.45, 7) is 0. The largest absolute Gasteiger partial charge is 2.00 e. The Balaban J connectivity index is -0.0000000200. The minimum absolute atomic E-state index is 0. The first-order chi connectivity index (χ1) is 1.41. The first kappa shape index (κ1) is 16.0. The number of halogens is 1. The summed E-state index contributed by atoms with van der Waals surface area (Å²) in [4.78, 5) is 0. The van der Waals surface area contributed by atoms with Crippen LogP contribution in [0.1, 0.15) is 0 Å². The maximum atomic E-state index is 2.00. The topological polar surface area (TPSA) is 16.6 Å². The van der Waals surface area contributed by atoms with Crippen LogP contribution in [0, 0.1) is 0 Å². The minimum atomic E-state index is 0. The standard InChI is InChI=1S/C2H7N.H2I.Pb/c1-3-2;;/h3H,1-2H3;1H2;/q;+1;+2/p+1. The molecule has 0 fully saturated rings. The number of hydrogen-bond acceptors (Lipinski definition) is 0. The predicted molar refractivity (Wildman–Crippen MR) is 22.3 cm³/mol. The molecule has 0 rings (SSSR count). The second-order valence-electron chi connectivity index (χ2n) is 0.577. The van der Waals surface area contributed by atoms with Crippen LogP contribution in [0.25, 0.3) is 0 Å². The summed E-state index contributed by atoms with van der Waals surface area (Å²) in [7, 11) is 4.00. The average molecular weight is 382 g/mol. The summed E-state index contributed by atoms with van der Waals surface area (Å²) in [5.41, 5.74) is 0. The molecule has 2 radical (unpaired) electrons. The third-order valence-electron chi connectivity index (χ3n) is 0. The van der Waals surface area contributed by atoms with Gasteiger partial charge < -0.3 is 5.32 Å². The molecule has 0 amide bonds. The van der Waals surface area contributed by atoms with E-state index in [4.69, 9.17) is 0 Å². The zero-order valence-corrected chi connectivity index (χ0v) is 9.96. The minimum Gasteiger partial charge on any atom is -0.351 e. The van der Waals surface area contributed by atoms with E-state index < -0.39 is 0 Å². The molecule has 0 saturated heterocycles. The Morgan fingerprint density at radius 1 is 1.20 bits per heavy atom. The second-order valence-corrected chi connectivity index (χ2v) is 0.577. The van der Waals surface area contributed by atoms with Crippen LogP contribution >= 0.6 is 0 Å². The van der Waals surface area contributed by atoms with Crippen molar-refractivity contribution in [3.05, 3.63) is 0 Å². The molecule has 0 aliphatic carbocycles. The van der Waals surface area contributed by atoms with E-state index >= 15 is 0 Å². The summed E-state index contributed by atoms with van der Waals surface area (Å²) >= 11 is 0. The first-order valence-corrected chi connectivity index (χ1v) is 1.15. The van der Waals surface area contributed by atoms with Crippen LogP contribution in [0.5, 0.6) is 0 Å². The van der Waals surface area contributed by atoms with Crippen molar-refractivity contribution in [2.75, 3.05) is 14.1 Å². The normalized spacial score (nSPS) is 3.60. The molecule has 0 spiro atoms. The van der Waals surface area contributed by atoms with Gasteiger partial charge >= 0.3 is 27.3 Å². The zero-order chi connectivity index (χ0) is 2.71. The van der Waals surface area contributed by atoms with Gasteiger partial charge in [0.25, 0.3) is 0 Å². The zero-order valence-electron chi connectivity index (χ0n) is 3.52. The van der Waals surface area contributed by atoms with Gasteiger partial charge in [-0.25, -0.2) is 0 Å². The maximum absolute atomic E-state index is 2.00. The Morgan fingerprint density at radius 3 is 1.20 bits per heavy atom. The maximum Gasteiger partial charge on any atom is 2.00 e. The number of hydrogen-bond donors (Lipinski definition) is 1. The van der Waals surface area contributed by atoms with E-state index in [1.54, 1.807) is 0 Å². The van der Waals surface area contributed by atoms with E-state index in [2.05, 4.69) is 0 Å². The van der Waals surface area contributed by atoms with Crippen molar-refractivity contribution in [2.24, 2.45) is 0 Å². The first-order valence-electron chi connectivity index (χ1n) is 1.15. The SMILES string of the molecule is C[NH2+]C.[IH2+].[Pb+2]. The number of quaternary nitrogens is 1. The third kappa shape index (κ3) is 28.2. The Bertz CT molecular complexity index is 9.61. The molecule has 0 aromatic carbocycles. The molecular weight excluding hydrogens is 372 g/mol. The summed E-state index contributed by atoms with van der Waals surface area (Å²) < 4.78 is 0. The molecule has 1 nitrogen and oxygen atoms in total. The van der Waals surface area contributed by atoms with Gasteiger partial charge in [-0.3, -0.25) is 0 Å². The molecule has 0 aromatic rings. The molecule has 30 valence electrons. The van der Waals surface area contributed by atoms with E-state index in [0.29, 0.717) is 0 Å². The van der Waals surface area contributed by atoms with Crippen molar-refractivity contribution < 1.29 is 29.3 Å². The molecule has 0 bridgehead atoms. The molecular formula is C2H10INPb+4. The van der Waals surface area contributed by atoms with Crippen LogP contribution in [0.4, 0.5) is 0 Å². The number of nitrogens with two attached hydrogens (primary N) is 1. The Hall–Kier alpha value is 1.61. The molecule has 0 aromatic heterocycles. The smallest absolute Gasteiger partial charge is 0.351 e. The Labute approximate surface area is 70.1 Å². The van der Waals surface area contributed by atoms with Crippen LogP contribution in [0.15, 0.2) is 0 Å². The van der Waals surface area contributed by atoms with Crippen molar-refractivity contribution in [3.8, 4) is 0 Å². The van der Waals surface area contributed by atoms with Crippen LogP contribution in [-0.2, 0) is 0 Å². The van der Waals surface area contributed by atoms with Gasteiger partial charge in [0.2, 0.25) is 24.0 Å². The van der Waals surface area contributed by atoms with E-state index in [1.165, 1.54) is 0 Å². The molecule has 0 heterocycles. The van der Waals surface area contributed by atoms with Crippen LogP contribution in [-0.4, -0.2) is 41.4 Å². The molecule has 2 N–H and O–H groups in total. The van der Waals surface area contributed by atoms with Gasteiger partial charge in [0.05, 0.1) is 14.1 Å². The molecule has 0 aliphatic heterocycles. The van der Waals surface area contributed by atoms with E-state index in [9.17, 15) is 0 Å². The second kappa shape index (κ2) is 17.5. The van der Waals surface area contributed by atoms with Gasteiger partial charge in [0.15, 0.2) is 0 Å².